The number of alkyl halides is 3. The number of fused-ring (bicyclic) bond motifs is 1. The van der Waals surface area contributed by atoms with Crippen molar-refractivity contribution in [3.63, 3.8) is 0 Å². The van der Waals surface area contributed by atoms with E-state index in [1.807, 2.05) is 4.90 Å². The maximum atomic E-state index is 12.8. The van der Waals surface area contributed by atoms with Gasteiger partial charge in [-0.25, -0.2) is 0 Å². The Labute approximate surface area is 105 Å². The lowest BCUT2D eigenvalue weighted by molar-refractivity contribution is -0.162. The van der Waals surface area contributed by atoms with Crippen molar-refractivity contribution in [3.8, 4) is 0 Å². The van der Waals surface area contributed by atoms with Gasteiger partial charge in [-0.3, -0.25) is 10.3 Å². The lowest BCUT2D eigenvalue weighted by atomic mass is 9.91. The second-order valence-corrected chi connectivity index (χ2v) is 5.45. The smallest absolute Gasteiger partial charge is 0.387 e. The molecule has 1 saturated heterocycles. The largest absolute Gasteiger partial charge is 0.399 e. The average molecular weight is 263 g/mol. The third-order valence-corrected chi connectivity index (χ3v) is 4.30. The molecular weight excluding hydrogens is 243 g/mol. The van der Waals surface area contributed by atoms with Crippen molar-refractivity contribution in [3.05, 3.63) is 0 Å². The van der Waals surface area contributed by atoms with Gasteiger partial charge in [-0.1, -0.05) is 6.42 Å². The second kappa shape index (κ2) is 5.07. The molecule has 3 unspecified atom stereocenters. The molecule has 1 heterocycles. The van der Waals surface area contributed by atoms with Gasteiger partial charge in [0, 0.05) is 12.6 Å². The SMILES string of the molecule is N=C(N)C(CN1CCCC2CCCC21)C(F)(F)F. The molecule has 104 valence electrons. The zero-order valence-electron chi connectivity index (χ0n) is 10.3. The maximum Gasteiger partial charge on any atom is 0.399 e. The van der Waals surface area contributed by atoms with E-state index in [1.165, 1.54) is 0 Å². The van der Waals surface area contributed by atoms with Gasteiger partial charge in [-0.05, 0) is 38.1 Å². The Morgan fingerprint density at radius 1 is 1.28 bits per heavy atom. The molecule has 1 aliphatic heterocycles. The van der Waals surface area contributed by atoms with E-state index in [0.29, 0.717) is 12.5 Å². The quantitative estimate of drug-likeness (QED) is 0.606. The van der Waals surface area contributed by atoms with Crippen molar-refractivity contribution in [1.29, 1.82) is 5.41 Å². The minimum absolute atomic E-state index is 0.139. The molecule has 1 saturated carbocycles. The van der Waals surface area contributed by atoms with E-state index in [1.54, 1.807) is 0 Å². The van der Waals surface area contributed by atoms with E-state index in [0.717, 1.165) is 32.1 Å². The van der Waals surface area contributed by atoms with E-state index >= 15 is 0 Å². The summed E-state index contributed by atoms with van der Waals surface area (Å²) < 4.78 is 38.5. The molecule has 0 amide bonds. The fraction of sp³-hybridized carbons (Fsp3) is 0.917. The summed E-state index contributed by atoms with van der Waals surface area (Å²) in [5, 5.41) is 7.15. The van der Waals surface area contributed by atoms with E-state index < -0.39 is 17.9 Å². The Morgan fingerprint density at radius 2 is 1.94 bits per heavy atom. The molecule has 18 heavy (non-hydrogen) atoms. The van der Waals surface area contributed by atoms with E-state index in [-0.39, 0.29) is 12.6 Å². The summed E-state index contributed by atoms with van der Waals surface area (Å²) in [6.07, 6.45) is 0.937. The number of piperidine rings is 1. The van der Waals surface area contributed by atoms with E-state index in [2.05, 4.69) is 0 Å². The standard InChI is InChI=1S/C12H20F3N3/c13-12(14,15)9(11(16)17)7-18-6-2-4-8-3-1-5-10(8)18/h8-10H,1-7H2,(H3,16,17). The summed E-state index contributed by atoms with van der Waals surface area (Å²) in [5.41, 5.74) is 5.11. The molecule has 2 fully saturated rings. The Kier molecular flexibility index (Phi) is 3.84. The second-order valence-electron chi connectivity index (χ2n) is 5.45. The average Bonchev–Trinajstić information content (AvgIpc) is 2.72. The maximum absolute atomic E-state index is 12.8. The number of hydrogen-bond donors (Lipinski definition) is 2. The van der Waals surface area contributed by atoms with Crippen LogP contribution < -0.4 is 5.73 Å². The molecule has 3 N–H and O–H groups in total. The Bertz CT molecular complexity index is 316. The lowest BCUT2D eigenvalue weighted by Crippen LogP contribution is -2.50. The summed E-state index contributed by atoms with van der Waals surface area (Å²) in [4.78, 5) is 1.92. The van der Waals surface area contributed by atoms with Crippen molar-refractivity contribution in [1.82, 2.24) is 4.90 Å². The first-order chi connectivity index (χ1) is 8.39. The fourth-order valence-electron chi connectivity index (χ4n) is 3.40. The van der Waals surface area contributed by atoms with Crippen LogP contribution in [-0.2, 0) is 0 Å². The Balaban J connectivity index is 2.04. The minimum Gasteiger partial charge on any atom is -0.387 e. The third kappa shape index (κ3) is 2.79. The molecule has 0 aromatic carbocycles. The van der Waals surface area contributed by atoms with Crippen LogP contribution in [0.4, 0.5) is 13.2 Å². The minimum atomic E-state index is -4.41. The number of nitrogens with two attached hydrogens (primary N) is 1. The fourth-order valence-corrected chi connectivity index (χ4v) is 3.40. The van der Waals surface area contributed by atoms with E-state index in [4.69, 9.17) is 11.1 Å². The van der Waals surface area contributed by atoms with Crippen molar-refractivity contribution < 1.29 is 13.2 Å². The van der Waals surface area contributed by atoms with Crippen LogP contribution in [0.25, 0.3) is 0 Å². The first-order valence-electron chi connectivity index (χ1n) is 6.54. The van der Waals surface area contributed by atoms with Crippen molar-refractivity contribution in [2.24, 2.45) is 17.6 Å². The van der Waals surface area contributed by atoms with Gasteiger partial charge in [0.05, 0.1) is 0 Å². The van der Waals surface area contributed by atoms with Crippen molar-refractivity contribution in [2.45, 2.75) is 44.3 Å². The normalized spacial score (nSPS) is 31.1. The number of hydrogen-bond acceptors (Lipinski definition) is 2. The molecule has 0 aromatic heterocycles. The van der Waals surface area contributed by atoms with Crippen LogP contribution in [0.1, 0.15) is 32.1 Å². The van der Waals surface area contributed by atoms with Gasteiger partial charge in [0.25, 0.3) is 0 Å². The highest BCUT2D eigenvalue weighted by Gasteiger charge is 2.45. The van der Waals surface area contributed by atoms with Crippen LogP contribution >= 0.6 is 0 Å². The van der Waals surface area contributed by atoms with Crippen LogP contribution in [0.2, 0.25) is 0 Å². The monoisotopic (exact) mass is 263 g/mol. The first-order valence-corrected chi connectivity index (χ1v) is 6.54. The molecule has 0 aromatic rings. The molecule has 0 bridgehead atoms. The summed E-state index contributed by atoms with van der Waals surface area (Å²) in [5.74, 6) is -2.01. The highest BCUT2D eigenvalue weighted by molar-refractivity contribution is 5.80. The van der Waals surface area contributed by atoms with Gasteiger partial charge >= 0.3 is 6.18 Å². The summed E-state index contributed by atoms with van der Waals surface area (Å²) in [6, 6.07) is 0.281. The van der Waals surface area contributed by atoms with Crippen LogP contribution in [0.15, 0.2) is 0 Å². The van der Waals surface area contributed by atoms with Gasteiger partial charge in [0.1, 0.15) is 11.8 Å². The van der Waals surface area contributed by atoms with Gasteiger partial charge in [0.2, 0.25) is 0 Å². The topological polar surface area (TPSA) is 53.1 Å². The number of nitrogens with one attached hydrogen (secondary N) is 1. The van der Waals surface area contributed by atoms with Gasteiger partial charge < -0.3 is 5.73 Å². The molecule has 0 radical (unpaired) electrons. The van der Waals surface area contributed by atoms with Crippen LogP contribution in [-0.4, -0.2) is 36.0 Å². The molecular formula is C12H20F3N3. The van der Waals surface area contributed by atoms with Crippen LogP contribution in [0.5, 0.6) is 0 Å². The Hall–Kier alpha value is -0.780. The Morgan fingerprint density at radius 3 is 2.56 bits per heavy atom. The molecule has 2 rings (SSSR count). The zero-order chi connectivity index (χ0) is 13.3. The predicted molar refractivity (Wildman–Crippen MR) is 63.4 cm³/mol. The van der Waals surface area contributed by atoms with Crippen LogP contribution in [0.3, 0.4) is 0 Å². The lowest BCUT2D eigenvalue weighted by Gasteiger charge is -2.39. The summed E-state index contributed by atoms with van der Waals surface area (Å²) in [7, 11) is 0. The third-order valence-electron chi connectivity index (χ3n) is 4.30. The molecule has 3 atom stereocenters. The highest BCUT2D eigenvalue weighted by atomic mass is 19.4. The molecule has 0 spiro atoms. The highest BCUT2D eigenvalue weighted by Crippen LogP contribution is 2.38. The van der Waals surface area contributed by atoms with Gasteiger partial charge in [-0.2, -0.15) is 13.2 Å². The molecule has 6 heteroatoms. The first kappa shape index (κ1) is 13.6. The van der Waals surface area contributed by atoms with Crippen molar-refractivity contribution >= 4 is 5.84 Å². The summed E-state index contributed by atoms with van der Waals surface area (Å²) >= 11 is 0. The zero-order valence-corrected chi connectivity index (χ0v) is 10.3. The van der Waals surface area contributed by atoms with Crippen molar-refractivity contribution in [2.75, 3.05) is 13.1 Å². The molecule has 2 aliphatic rings. The number of likely N-dealkylation sites (tertiary alicyclic amines) is 1. The predicted octanol–water partition coefficient (Wildman–Crippen LogP) is 2.37. The number of rotatable bonds is 3. The molecule has 3 nitrogen and oxygen atoms in total. The number of halogens is 3. The van der Waals surface area contributed by atoms with Crippen LogP contribution in [0, 0.1) is 17.2 Å². The molecule has 1 aliphatic carbocycles. The van der Waals surface area contributed by atoms with Gasteiger partial charge in [0.15, 0.2) is 0 Å². The number of nitrogens with zero attached hydrogens (tertiary/aromatic N) is 1. The summed E-state index contributed by atoms with van der Waals surface area (Å²) in [6.45, 7) is 0.570. The number of amidine groups is 1. The van der Waals surface area contributed by atoms with Gasteiger partial charge in [-0.15, -0.1) is 0 Å². The van der Waals surface area contributed by atoms with E-state index in [9.17, 15) is 13.2 Å².